The number of carbonyl (C=O) groups is 4. The van der Waals surface area contributed by atoms with Crippen molar-refractivity contribution in [3.63, 3.8) is 0 Å². The van der Waals surface area contributed by atoms with E-state index in [0.717, 1.165) is 5.56 Å². The first-order valence-electron chi connectivity index (χ1n) is 10.3. The standard InChI is InChI=1S/C23H26N4O5S/c1-3-14-32-20(29)13-12-19(28)25-23(33)27-26-21(30)16-8-10-17(11-9-16)24-22(31)18-7-5-4-6-15(18)2/h4-11H,3,12-14H2,1-2H3,(H,24,31)(H,26,30)(H2,25,27,28,33). The molecule has 174 valence electrons. The van der Waals surface area contributed by atoms with Gasteiger partial charge < -0.3 is 15.4 Å². The van der Waals surface area contributed by atoms with Crippen LogP contribution < -0.4 is 21.5 Å². The predicted octanol–water partition coefficient (Wildman–Crippen LogP) is 2.62. The maximum absolute atomic E-state index is 12.4. The van der Waals surface area contributed by atoms with E-state index in [1.807, 2.05) is 26.0 Å². The maximum Gasteiger partial charge on any atom is 0.306 e. The highest BCUT2D eigenvalue weighted by Crippen LogP contribution is 2.13. The molecule has 0 aliphatic heterocycles. The van der Waals surface area contributed by atoms with Crippen LogP contribution in [0.25, 0.3) is 0 Å². The minimum atomic E-state index is -0.494. The van der Waals surface area contributed by atoms with Crippen LogP contribution in [0.1, 0.15) is 52.5 Å². The van der Waals surface area contributed by atoms with Crippen LogP contribution in [0.15, 0.2) is 48.5 Å². The van der Waals surface area contributed by atoms with Gasteiger partial charge in [0.1, 0.15) is 0 Å². The minimum Gasteiger partial charge on any atom is -0.466 e. The second-order valence-electron chi connectivity index (χ2n) is 7.02. The van der Waals surface area contributed by atoms with E-state index in [9.17, 15) is 19.2 Å². The summed E-state index contributed by atoms with van der Waals surface area (Å²) in [7, 11) is 0. The van der Waals surface area contributed by atoms with Gasteiger partial charge in [0, 0.05) is 23.2 Å². The molecule has 3 amide bonds. The summed E-state index contributed by atoms with van der Waals surface area (Å²) in [6, 6.07) is 13.5. The number of amides is 3. The molecule has 2 aromatic carbocycles. The van der Waals surface area contributed by atoms with Crippen molar-refractivity contribution in [3.8, 4) is 0 Å². The van der Waals surface area contributed by atoms with Crippen molar-refractivity contribution in [2.75, 3.05) is 11.9 Å². The zero-order valence-electron chi connectivity index (χ0n) is 18.4. The van der Waals surface area contributed by atoms with Crippen LogP contribution in [0.2, 0.25) is 0 Å². The van der Waals surface area contributed by atoms with Gasteiger partial charge in [-0.2, -0.15) is 0 Å². The molecule has 0 unspecified atom stereocenters. The molecule has 0 aliphatic rings. The Balaban J connectivity index is 1.77. The Morgan fingerprint density at radius 3 is 2.27 bits per heavy atom. The summed E-state index contributed by atoms with van der Waals surface area (Å²) in [5, 5.41) is 5.03. The van der Waals surface area contributed by atoms with Gasteiger partial charge in [-0.25, -0.2) is 0 Å². The smallest absolute Gasteiger partial charge is 0.306 e. The zero-order chi connectivity index (χ0) is 24.2. The molecule has 0 radical (unpaired) electrons. The second kappa shape index (κ2) is 12.9. The third-order valence-corrected chi connectivity index (χ3v) is 4.56. The molecule has 0 bridgehead atoms. The van der Waals surface area contributed by atoms with Crippen LogP contribution in [0.4, 0.5) is 5.69 Å². The van der Waals surface area contributed by atoms with Crippen molar-refractivity contribution >= 4 is 46.7 Å². The molecule has 2 rings (SSSR count). The van der Waals surface area contributed by atoms with Crippen molar-refractivity contribution in [1.82, 2.24) is 16.2 Å². The van der Waals surface area contributed by atoms with Crippen LogP contribution in [0.3, 0.4) is 0 Å². The van der Waals surface area contributed by atoms with Gasteiger partial charge in [0.05, 0.1) is 13.0 Å². The number of hydrazine groups is 1. The molecule has 0 saturated carbocycles. The highest BCUT2D eigenvalue weighted by atomic mass is 32.1. The van der Waals surface area contributed by atoms with Gasteiger partial charge in [-0.05, 0) is 61.5 Å². The summed E-state index contributed by atoms with van der Waals surface area (Å²) in [5.41, 5.74) is 7.06. The molecule has 0 aliphatic carbocycles. The third-order valence-electron chi connectivity index (χ3n) is 4.36. The third kappa shape index (κ3) is 8.69. The Morgan fingerprint density at radius 2 is 1.61 bits per heavy atom. The van der Waals surface area contributed by atoms with Crippen LogP contribution >= 0.6 is 12.2 Å². The fraction of sp³-hybridized carbons (Fsp3) is 0.261. The number of benzene rings is 2. The summed E-state index contributed by atoms with van der Waals surface area (Å²) < 4.78 is 4.88. The highest BCUT2D eigenvalue weighted by molar-refractivity contribution is 7.80. The number of esters is 1. The number of nitrogens with one attached hydrogen (secondary N) is 4. The zero-order valence-corrected chi connectivity index (χ0v) is 19.2. The number of hydrogen-bond donors (Lipinski definition) is 4. The molecular formula is C23H26N4O5S. The molecule has 10 heteroatoms. The lowest BCUT2D eigenvalue weighted by Crippen LogP contribution is -2.48. The van der Waals surface area contributed by atoms with E-state index in [0.29, 0.717) is 29.8 Å². The van der Waals surface area contributed by atoms with E-state index >= 15 is 0 Å². The monoisotopic (exact) mass is 470 g/mol. The van der Waals surface area contributed by atoms with Gasteiger partial charge in [0.25, 0.3) is 11.8 Å². The van der Waals surface area contributed by atoms with Crippen LogP contribution in [0, 0.1) is 6.92 Å². The normalized spacial score (nSPS) is 10.0. The summed E-state index contributed by atoms with van der Waals surface area (Å²) in [6.07, 6.45) is 0.553. The summed E-state index contributed by atoms with van der Waals surface area (Å²) >= 11 is 4.95. The van der Waals surface area contributed by atoms with E-state index < -0.39 is 17.8 Å². The van der Waals surface area contributed by atoms with Gasteiger partial charge in [-0.15, -0.1) is 0 Å². The number of rotatable bonds is 8. The predicted molar refractivity (Wildman–Crippen MR) is 127 cm³/mol. The number of carbonyl (C=O) groups excluding carboxylic acids is 4. The number of ether oxygens (including phenoxy) is 1. The first-order chi connectivity index (χ1) is 15.8. The van der Waals surface area contributed by atoms with Crippen molar-refractivity contribution < 1.29 is 23.9 Å². The highest BCUT2D eigenvalue weighted by Gasteiger charge is 2.12. The Bertz CT molecular complexity index is 1020. The van der Waals surface area contributed by atoms with E-state index in [1.54, 1.807) is 24.3 Å². The van der Waals surface area contributed by atoms with Crippen molar-refractivity contribution in [1.29, 1.82) is 0 Å². The van der Waals surface area contributed by atoms with Gasteiger partial charge in [0.15, 0.2) is 5.11 Å². The summed E-state index contributed by atoms with van der Waals surface area (Å²) in [6.45, 7) is 4.04. The molecule has 9 nitrogen and oxygen atoms in total. The molecule has 0 atom stereocenters. The first-order valence-corrected chi connectivity index (χ1v) is 10.7. The Kier molecular flexibility index (Phi) is 9.97. The van der Waals surface area contributed by atoms with Gasteiger partial charge in [-0.1, -0.05) is 25.1 Å². The number of thiocarbonyl (C=S) groups is 1. The maximum atomic E-state index is 12.4. The van der Waals surface area contributed by atoms with Crippen LogP contribution in [-0.4, -0.2) is 35.4 Å². The average molecular weight is 471 g/mol. The quantitative estimate of drug-likeness (QED) is 0.265. The minimum absolute atomic E-state index is 0.0620. The topological polar surface area (TPSA) is 126 Å². The molecule has 0 saturated heterocycles. The van der Waals surface area contributed by atoms with Crippen LogP contribution in [0.5, 0.6) is 0 Å². The van der Waals surface area contributed by atoms with Gasteiger partial charge in [0.2, 0.25) is 5.91 Å². The molecule has 0 fully saturated rings. The Morgan fingerprint density at radius 1 is 0.909 bits per heavy atom. The molecule has 0 spiro atoms. The Hall–Kier alpha value is -3.79. The van der Waals surface area contributed by atoms with Crippen LogP contribution in [-0.2, 0) is 14.3 Å². The fourth-order valence-electron chi connectivity index (χ4n) is 2.64. The van der Waals surface area contributed by atoms with Gasteiger partial charge in [-0.3, -0.25) is 30.0 Å². The first kappa shape index (κ1) is 25.5. The fourth-order valence-corrected chi connectivity index (χ4v) is 2.81. The molecule has 33 heavy (non-hydrogen) atoms. The van der Waals surface area contributed by atoms with E-state index in [-0.39, 0.29) is 23.9 Å². The molecule has 0 heterocycles. The number of anilines is 1. The number of aryl methyl sites for hydroxylation is 1. The molecule has 2 aromatic rings. The van der Waals surface area contributed by atoms with Crippen molar-refractivity contribution in [2.45, 2.75) is 33.1 Å². The van der Waals surface area contributed by atoms with Crippen molar-refractivity contribution in [3.05, 3.63) is 65.2 Å². The summed E-state index contributed by atoms with van der Waals surface area (Å²) in [5.74, 6) is -1.68. The van der Waals surface area contributed by atoms with E-state index in [2.05, 4.69) is 21.5 Å². The molecule has 4 N–H and O–H groups in total. The lowest BCUT2D eigenvalue weighted by atomic mass is 10.1. The van der Waals surface area contributed by atoms with Crippen molar-refractivity contribution in [2.24, 2.45) is 0 Å². The lowest BCUT2D eigenvalue weighted by molar-refractivity contribution is -0.144. The van der Waals surface area contributed by atoms with E-state index in [4.69, 9.17) is 17.0 Å². The SMILES string of the molecule is CCCOC(=O)CCC(=O)NC(=S)NNC(=O)c1ccc(NC(=O)c2ccccc2C)cc1. The lowest BCUT2D eigenvalue weighted by Gasteiger charge is -2.11. The summed E-state index contributed by atoms with van der Waals surface area (Å²) in [4.78, 5) is 47.8. The second-order valence-corrected chi connectivity index (χ2v) is 7.43. The number of hydrogen-bond acceptors (Lipinski definition) is 6. The van der Waals surface area contributed by atoms with E-state index in [1.165, 1.54) is 12.1 Å². The average Bonchev–Trinajstić information content (AvgIpc) is 2.80. The molecule has 0 aromatic heterocycles. The molecular weight excluding hydrogens is 444 g/mol. The Labute approximate surface area is 197 Å². The van der Waals surface area contributed by atoms with Gasteiger partial charge >= 0.3 is 5.97 Å². The largest absolute Gasteiger partial charge is 0.466 e.